The molecule has 2 aliphatic heterocycles. The van der Waals surface area contributed by atoms with Gasteiger partial charge in [0.1, 0.15) is 11.4 Å². The molecule has 1 aromatic rings. The summed E-state index contributed by atoms with van der Waals surface area (Å²) >= 11 is 0. The van der Waals surface area contributed by atoms with E-state index in [-0.39, 0.29) is 12.1 Å². The normalized spacial score (nSPS) is 33.6. The predicted molar refractivity (Wildman–Crippen MR) is 46.1 cm³/mol. The zero-order valence-corrected chi connectivity index (χ0v) is 7.71. The Morgan fingerprint density at radius 3 is 3.00 bits per heavy atom. The SMILES string of the molecule is CN1C2CCC1c1nonc1/C2=N/O. The lowest BCUT2D eigenvalue weighted by Crippen LogP contribution is -2.40. The second-order valence-electron chi connectivity index (χ2n) is 3.76. The molecule has 0 radical (unpaired) electrons. The third-order valence-electron chi connectivity index (χ3n) is 3.19. The van der Waals surface area contributed by atoms with Crippen molar-refractivity contribution < 1.29 is 9.84 Å². The molecule has 3 rings (SSSR count). The number of likely N-dealkylation sites (N-methyl/N-ethyl adjacent to an activating group) is 1. The molecule has 3 heterocycles. The summed E-state index contributed by atoms with van der Waals surface area (Å²) in [6, 6.07) is 0.427. The van der Waals surface area contributed by atoms with E-state index < -0.39 is 0 Å². The summed E-state index contributed by atoms with van der Waals surface area (Å²) in [5.74, 6) is 0. The van der Waals surface area contributed by atoms with Crippen LogP contribution in [0.15, 0.2) is 9.78 Å². The van der Waals surface area contributed by atoms with E-state index in [1.165, 1.54) is 0 Å². The monoisotopic (exact) mass is 194 g/mol. The Hall–Kier alpha value is -1.43. The van der Waals surface area contributed by atoms with E-state index in [9.17, 15) is 0 Å². The Labute approximate surface area is 80.1 Å². The van der Waals surface area contributed by atoms with Crippen LogP contribution in [0.2, 0.25) is 0 Å². The molecule has 74 valence electrons. The lowest BCUT2D eigenvalue weighted by Gasteiger charge is -2.28. The van der Waals surface area contributed by atoms with E-state index in [4.69, 9.17) is 5.21 Å². The Morgan fingerprint density at radius 1 is 1.43 bits per heavy atom. The highest BCUT2D eigenvalue weighted by Gasteiger charge is 2.45. The Morgan fingerprint density at radius 2 is 2.21 bits per heavy atom. The van der Waals surface area contributed by atoms with Crippen LogP contribution in [0.4, 0.5) is 0 Å². The van der Waals surface area contributed by atoms with Gasteiger partial charge in [0.25, 0.3) is 0 Å². The molecule has 14 heavy (non-hydrogen) atoms. The van der Waals surface area contributed by atoms with Gasteiger partial charge in [0.2, 0.25) is 0 Å². The van der Waals surface area contributed by atoms with Gasteiger partial charge in [-0.15, -0.1) is 0 Å². The van der Waals surface area contributed by atoms with Crippen molar-refractivity contribution in [2.75, 3.05) is 7.05 Å². The maximum absolute atomic E-state index is 8.95. The Balaban J connectivity index is 2.22. The van der Waals surface area contributed by atoms with Gasteiger partial charge in [-0.1, -0.05) is 10.3 Å². The fourth-order valence-corrected chi connectivity index (χ4v) is 2.46. The van der Waals surface area contributed by atoms with Crippen molar-refractivity contribution in [1.82, 2.24) is 15.2 Å². The lowest BCUT2D eigenvalue weighted by atomic mass is 10.0. The van der Waals surface area contributed by atoms with Crippen LogP contribution in [0.25, 0.3) is 0 Å². The molecule has 0 aliphatic carbocycles. The molecular formula is C8H10N4O2. The van der Waals surface area contributed by atoms with Gasteiger partial charge in [-0.25, -0.2) is 4.63 Å². The molecular weight excluding hydrogens is 184 g/mol. The third-order valence-corrected chi connectivity index (χ3v) is 3.19. The van der Waals surface area contributed by atoms with E-state index in [1.807, 2.05) is 7.05 Å². The molecule has 0 amide bonds. The lowest BCUT2D eigenvalue weighted by molar-refractivity contribution is 0.252. The minimum absolute atomic E-state index is 0.157. The second-order valence-corrected chi connectivity index (χ2v) is 3.76. The van der Waals surface area contributed by atoms with Crippen molar-refractivity contribution in [2.45, 2.75) is 24.9 Å². The average molecular weight is 194 g/mol. The van der Waals surface area contributed by atoms with E-state index in [0.29, 0.717) is 11.4 Å². The summed E-state index contributed by atoms with van der Waals surface area (Å²) < 4.78 is 4.68. The number of nitrogens with zero attached hydrogens (tertiary/aromatic N) is 4. The van der Waals surface area contributed by atoms with Crippen LogP contribution in [-0.4, -0.2) is 39.2 Å². The van der Waals surface area contributed by atoms with Crippen LogP contribution in [-0.2, 0) is 0 Å². The smallest absolute Gasteiger partial charge is 0.159 e. The van der Waals surface area contributed by atoms with Gasteiger partial charge in [-0.3, -0.25) is 4.90 Å². The second kappa shape index (κ2) is 2.54. The van der Waals surface area contributed by atoms with Crippen molar-refractivity contribution in [1.29, 1.82) is 0 Å². The molecule has 2 aliphatic rings. The van der Waals surface area contributed by atoms with Crippen LogP contribution >= 0.6 is 0 Å². The van der Waals surface area contributed by atoms with Gasteiger partial charge in [-0.05, 0) is 25.0 Å². The first-order valence-corrected chi connectivity index (χ1v) is 4.59. The molecule has 1 fully saturated rings. The van der Waals surface area contributed by atoms with Gasteiger partial charge in [0.15, 0.2) is 5.69 Å². The topological polar surface area (TPSA) is 74.8 Å². The molecule has 6 nitrogen and oxygen atoms in total. The largest absolute Gasteiger partial charge is 0.411 e. The summed E-state index contributed by atoms with van der Waals surface area (Å²) in [6.07, 6.45) is 2.00. The van der Waals surface area contributed by atoms with Crippen molar-refractivity contribution in [3.8, 4) is 0 Å². The van der Waals surface area contributed by atoms with E-state index in [2.05, 4.69) is 25.0 Å². The first-order valence-electron chi connectivity index (χ1n) is 4.59. The van der Waals surface area contributed by atoms with Gasteiger partial charge in [-0.2, -0.15) is 0 Å². The minimum atomic E-state index is 0.157. The molecule has 1 aromatic heterocycles. The number of aromatic nitrogens is 2. The number of fused-ring (bicyclic) bond motifs is 4. The zero-order chi connectivity index (χ0) is 9.71. The molecule has 6 heteroatoms. The first-order chi connectivity index (χ1) is 6.83. The molecule has 0 saturated carbocycles. The summed E-state index contributed by atoms with van der Waals surface area (Å²) in [4.78, 5) is 2.15. The predicted octanol–water partition coefficient (Wildman–Crippen LogP) is 0.397. The number of hydrogen-bond donors (Lipinski definition) is 1. The molecule has 1 saturated heterocycles. The fraction of sp³-hybridized carbons (Fsp3) is 0.625. The number of oxime groups is 1. The van der Waals surface area contributed by atoms with Crippen LogP contribution < -0.4 is 0 Å². The van der Waals surface area contributed by atoms with Gasteiger partial charge < -0.3 is 5.21 Å². The van der Waals surface area contributed by atoms with Crippen LogP contribution in [0, 0.1) is 0 Å². The van der Waals surface area contributed by atoms with E-state index in [1.54, 1.807) is 0 Å². The maximum atomic E-state index is 8.95. The highest BCUT2D eigenvalue weighted by atomic mass is 16.6. The third kappa shape index (κ3) is 0.765. The van der Waals surface area contributed by atoms with E-state index >= 15 is 0 Å². The zero-order valence-electron chi connectivity index (χ0n) is 7.71. The molecule has 0 aromatic carbocycles. The van der Waals surface area contributed by atoms with Gasteiger partial charge in [0.05, 0.1) is 12.1 Å². The molecule has 2 atom stereocenters. The molecule has 1 N–H and O–H groups in total. The van der Waals surface area contributed by atoms with Gasteiger partial charge >= 0.3 is 0 Å². The number of hydrogen-bond acceptors (Lipinski definition) is 6. The van der Waals surface area contributed by atoms with Crippen molar-refractivity contribution in [2.24, 2.45) is 5.16 Å². The van der Waals surface area contributed by atoms with E-state index in [0.717, 1.165) is 18.5 Å². The molecule has 0 spiro atoms. The van der Waals surface area contributed by atoms with Crippen LogP contribution in [0.3, 0.4) is 0 Å². The molecule has 2 bridgehead atoms. The standard InChI is InChI=1S/C8H10N4O2/c1-12-4-2-3-5(12)7-8(6(4)9-13)11-14-10-7/h4-5,13H,2-3H2,1H3/b9-6+. The van der Waals surface area contributed by atoms with Crippen molar-refractivity contribution in [3.63, 3.8) is 0 Å². The number of rotatable bonds is 0. The Bertz CT molecular complexity index is 400. The summed E-state index contributed by atoms with van der Waals surface area (Å²) in [6.45, 7) is 0. The minimum Gasteiger partial charge on any atom is -0.411 e. The van der Waals surface area contributed by atoms with Crippen LogP contribution in [0.5, 0.6) is 0 Å². The highest BCUT2D eigenvalue weighted by Crippen LogP contribution is 2.40. The van der Waals surface area contributed by atoms with Crippen molar-refractivity contribution in [3.05, 3.63) is 11.4 Å². The van der Waals surface area contributed by atoms with Crippen molar-refractivity contribution >= 4 is 5.71 Å². The first kappa shape index (κ1) is 7.93. The van der Waals surface area contributed by atoms with Gasteiger partial charge in [0, 0.05) is 0 Å². The summed E-state index contributed by atoms with van der Waals surface area (Å²) in [5.41, 5.74) is 2.00. The summed E-state index contributed by atoms with van der Waals surface area (Å²) in [5, 5.41) is 19.9. The highest BCUT2D eigenvalue weighted by molar-refractivity contribution is 6.04. The van der Waals surface area contributed by atoms with Crippen LogP contribution in [0.1, 0.15) is 30.3 Å². The molecule has 2 unspecified atom stereocenters. The fourth-order valence-electron chi connectivity index (χ4n) is 2.46. The quantitative estimate of drug-likeness (QED) is 0.478. The summed E-state index contributed by atoms with van der Waals surface area (Å²) in [7, 11) is 2.01. The maximum Gasteiger partial charge on any atom is 0.159 e. The Kier molecular flexibility index (Phi) is 1.44. The average Bonchev–Trinajstić information content (AvgIpc) is 2.74.